The number of hydrogen-bond donors (Lipinski definition) is 1. The second-order valence-electron chi connectivity index (χ2n) is 3.65. The Bertz CT molecular complexity index is 597. The van der Waals surface area contributed by atoms with E-state index in [0.717, 1.165) is 0 Å². The highest BCUT2D eigenvalue weighted by atomic mass is 35.5. The number of aromatic amines is 1. The van der Waals surface area contributed by atoms with Gasteiger partial charge in [-0.3, -0.25) is 0 Å². The lowest BCUT2D eigenvalue weighted by atomic mass is 10.2. The van der Waals surface area contributed by atoms with Crippen LogP contribution in [0.15, 0.2) is 53.9 Å². The molecule has 0 aliphatic rings. The monoisotopic (exact) mass is 276 g/mol. The van der Waals surface area contributed by atoms with Crippen LogP contribution in [0.2, 0.25) is 5.02 Å². The minimum Gasteiger partial charge on any atom is -0.380 e. The molecule has 0 fully saturated rings. The van der Waals surface area contributed by atoms with Gasteiger partial charge in [0.05, 0.1) is 5.56 Å². The number of benzene rings is 1. The fraction of sp³-hybridized carbons (Fsp3) is 0. The van der Waals surface area contributed by atoms with Gasteiger partial charge < -0.3 is 10.6 Å². The van der Waals surface area contributed by atoms with Crippen LogP contribution in [0, 0.1) is 0 Å². The van der Waals surface area contributed by atoms with Crippen molar-refractivity contribution in [3.05, 3.63) is 64.9 Å². The lowest BCUT2D eigenvalue weighted by Crippen LogP contribution is -2.16. The number of halogens is 1. The predicted molar refractivity (Wildman–Crippen MR) is 70.6 cm³/mol. The Morgan fingerprint density at radius 3 is 2.37 bits per heavy atom. The van der Waals surface area contributed by atoms with Gasteiger partial charge in [0, 0.05) is 22.7 Å². The minimum absolute atomic E-state index is 0.122. The molecular formula is C13H11ClN3O2+. The number of nitrogens with one attached hydrogen (secondary N) is 1. The number of oxime groups is 1. The summed E-state index contributed by atoms with van der Waals surface area (Å²) in [6, 6.07) is 9.72. The number of pyridine rings is 1. The molecule has 1 aromatic heterocycles. The Labute approximate surface area is 114 Å². The number of H-pyrrole nitrogens is 1. The van der Waals surface area contributed by atoms with Crippen molar-refractivity contribution in [3.63, 3.8) is 0 Å². The summed E-state index contributed by atoms with van der Waals surface area (Å²) in [7, 11) is 0. The Morgan fingerprint density at radius 2 is 1.74 bits per heavy atom. The molecule has 0 atom stereocenters. The largest absolute Gasteiger partial charge is 0.380 e. The van der Waals surface area contributed by atoms with Gasteiger partial charge in [-0.25, -0.2) is 9.78 Å². The van der Waals surface area contributed by atoms with Crippen molar-refractivity contribution in [1.29, 1.82) is 0 Å². The Balaban J connectivity index is 2.06. The molecule has 19 heavy (non-hydrogen) atoms. The van der Waals surface area contributed by atoms with Crippen molar-refractivity contribution in [2.24, 2.45) is 10.9 Å². The summed E-state index contributed by atoms with van der Waals surface area (Å²) in [6.45, 7) is 0. The molecule has 1 heterocycles. The summed E-state index contributed by atoms with van der Waals surface area (Å²) >= 11 is 5.72. The Kier molecular flexibility index (Phi) is 4.10. The van der Waals surface area contributed by atoms with E-state index in [9.17, 15) is 4.79 Å². The van der Waals surface area contributed by atoms with E-state index in [4.69, 9.17) is 22.2 Å². The molecule has 0 amide bonds. The van der Waals surface area contributed by atoms with Crippen molar-refractivity contribution in [2.45, 2.75) is 0 Å². The maximum atomic E-state index is 11.7. The number of nitrogens with two attached hydrogens (primary N) is 1. The zero-order valence-corrected chi connectivity index (χ0v) is 10.6. The third-order valence-electron chi connectivity index (χ3n) is 2.32. The lowest BCUT2D eigenvalue weighted by Gasteiger charge is -2.00. The van der Waals surface area contributed by atoms with Crippen LogP contribution in [-0.2, 0) is 4.84 Å². The van der Waals surface area contributed by atoms with E-state index in [2.05, 4.69) is 10.1 Å². The SMILES string of the molecule is NC(=NOC(=O)c1ccc(Cl)cc1)c1cc[nH+]cc1. The fourth-order valence-electron chi connectivity index (χ4n) is 1.34. The van der Waals surface area contributed by atoms with Crippen LogP contribution in [0.4, 0.5) is 0 Å². The topological polar surface area (TPSA) is 78.8 Å². The fourth-order valence-corrected chi connectivity index (χ4v) is 1.47. The number of carbonyl (C=O) groups excluding carboxylic acids is 1. The molecule has 96 valence electrons. The van der Waals surface area contributed by atoms with Crippen LogP contribution in [0.5, 0.6) is 0 Å². The summed E-state index contributed by atoms with van der Waals surface area (Å²) in [6.07, 6.45) is 3.39. The zero-order valence-electron chi connectivity index (χ0n) is 9.84. The van der Waals surface area contributed by atoms with Gasteiger partial charge in [-0.2, -0.15) is 0 Å². The van der Waals surface area contributed by atoms with Crippen LogP contribution >= 0.6 is 11.6 Å². The second kappa shape index (κ2) is 5.97. The van der Waals surface area contributed by atoms with Gasteiger partial charge in [-0.05, 0) is 24.3 Å². The minimum atomic E-state index is -0.595. The first-order chi connectivity index (χ1) is 9.16. The second-order valence-corrected chi connectivity index (χ2v) is 4.09. The highest BCUT2D eigenvalue weighted by Gasteiger charge is 2.07. The predicted octanol–water partition coefficient (Wildman–Crippen LogP) is 1.63. The van der Waals surface area contributed by atoms with E-state index >= 15 is 0 Å². The van der Waals surface area contributed by atoms with Gasteiger partial charge in [0.15, 0.2) is 18.2 Å². The molecule has 3 N–H and O–H groups in total. The Hall–Kier alpha value is -2.40. The van der Waals surface area contributed by atoms with E-state index in [1.54, 1.807) is 48.8 Å². The van der Waals surface area contributed by atoms with Crippen molar-refractivity contribution in [1.82, 2.24) is 0 Å². The molecule has 0 saturated carbocycles. The molecular weight excluding hydrogens is 266 g/mol. The molecule has 0 aliphatic heterocycles. The van der Waals surface area contributed by atoms with Gasteiger partial charge in [-0.15, -0.1) is 0 Å². The van der Waals surface area contributed by atoms with Crippen molar-refractivity contribution >= 4 is 23.4 Å². The maximum absolute atomic E-state index is 11.7. The molecule has 6 heteroatoms. The number of carbonyl (C=O) groups is 1. The van der Waals surface area contributed by atoms with Crippen molar-refractivity contribution < 1.29 is 14.6 Å². The average molecular weight is 277 g/mol. The van der Waals surface area contributed by atoms with E-state index in [0.29, 0.717) is 16.1 Å². The molecule has 5 nitrogen and oxygen atoms in total. The standard InChI is InChI=1S/C13H10ClN3O2/c14-11-3-1-10(2-4-11)13(18)19-17-12(15)9-5-7-16-8-6-9/h1-8H,(H2,15,17)/p+1. The van der Waals surface area contributed by atoms with Gasteiger partial charge in [0.25, 0.3) is 0 Å². The van der Waals surface area contributed by atoms with Crippen LogP contribution in [0.25, 0.3) is 0 Å². The summed E-state index contributed by atoms with van der Waals surface area (Å²) in [5.41, 5.74) is 6.69. The Morgan fingerprint density at radius 1 is 1.11 bits per heavy atom. The summed E-state index contributed by atoms with van der Waals surface area (Å²) in [5.74, 6) is -0.474. The van der Waals surface area contributed by atoms with Gasteiger partial charge in [0.1, 0.15) is 0 Å². The summed E-state index contributed by atoms with van der Waals surface area (Å²) < 4.78 is 0. The van der Waals surface area contributed by atoms with E-state index in [1.807, 2.05) is 0 Å². The first kappa shape index (κ1) is 13.0. The quantitative estimate of drug-likeness (QED) is 0.400. The smallest absolute Gasteiger partial charge is 0.365 e. The third kappa shape index (κ3) is 3.53. The zero-order chi connectivity index (χ0) is 13.7. The average Bonchev–Trinajstić information content (AvgIpc) is 2.46. The van der Waals surface area contributed by atoms with E-state index in [-0.39, 0.29) is 5.84 Å². The number of hydrogen-bond acceptors (Lipinski definition) is 3. The molecule has 2 aromatic rings. The van der Waals surface area contributed by atoms with Gasteiger partial charge in [-0.1, -0.05) is 16.8 Å². The molecule has 1 aromatic carbocycles. The summed E-state index contributed by atoms with van der Waals surface area (Å²) in [5, 5.41) is 4.13. The maximum Gasteiger partial charge on any atom is 0.365 e. The first-order valence-electron chi connectivity index (χ1n) is 5.43. The number of amidine groups is 1. The lowest BCUT2D eigenvalue weighted by molar-refractivity contribution is -0.378. The molecule has 0 radical (unpaired) electrons. The summed E-state index contributed by atoms with van der Waals surface area (Å²) in [4.78, 5) is 19.3. The highest BCUT2D eigenvalue weighted by Crippen LogP contribution is 2.10. The van der Waals surface area contributed by atoms with E-state index < -0.39 is 5.97 Å². The molecule has 0 saturated heterocycles. The van der Waals surface area contributed by atoms with E-state index in [1.165, 1.54) is 0 Å². The van der Waals surface area contributed by atoms with Gasteiger partial charge in [0.2, 0.25) is 0 Å². The van der Waals surface area contributed by atoms with Crippen LogP contribution in [0.1, 0.15) is 15.9 Å². The first-order valence-corrected chi connectivity index (χ1v) is 5.81. The van der Waals surface area contributed by atoms with Crippen molar-refractivity contribution in [2.75, 3.05) is 0 Å². The highest BCUT2D eigenvalue weighted by molar-refractivity contribution is 6.30. The number of nitrogens with zero attached hydrogens (tertiary/aromatic N) is 1. The molecule has 0 spiro atoms. The van der Waals surface area contributed by atoms with Crippen LogP contribution in [0.3, 0.4) is 0 Å². The normalized spacial score (nSPS) is 11.1. The van der Waals surface area contributed by atoms with Crippen LogP contribution < -0.4 is 10.7 Å². The van der Waals surface area contributed by atoms with Gasteiger partial charge >= 0.3 is 5.97 Å². The molecule has 0 aliphatic carbocycles. The van der Waals surface area contributed by atoms with Crippen molar-refractivity contribution in [3.8, 4) is 0 Å². The number of rotatable bonds is 3. The van der Waals surface area contributed by atoms with Crippen LogP contribution in [-0.4, -0.2) is 11.8 Å². The molecule has 2 rings (SSSR count). The molecule has 0 bridgehead atoms. The number of aromatic nitrogens is 1. The third-order valence-corrected chi connectivity index (χ3v) is 2.57. The molecule has 0 unspecified atom stereocenters.